The van der Waals surface area contributed by atoms with E-state index in [1.165, 1.54) is 4.90 Å². The summed E-state index contributed by atoms with van der Waals surface area (Å²) in [6, 6.07) is 4.76. The molecule has 0 aromatic heterocycles. The molecule has 0 saturated carbocycles. The molecule has 1 saturated heterocycles. The van der Waals surface area contributed by atoms with E-state index >= 15 is 0 Å². The molecule has 2 aliphatic heterocycles. The molecule has 11 nitrogen and oxygen atoms in total. The van der Waals surface area contributed by atoms with Gasteiger partial charge in [0.15, 0.2) is 0 Å². The largest absolute Gasteiger partial charge is 0.378 e. The first-order valence-electron chi connectivity index (χ1n) is 12.0. The topological polar surface area (TPSA) is 135 Å². The third kappa shape index (κ3) is 8.13. The van der Waals surface area contributed by atoms with Gasteiger partial charge in [0, 0.05) is 37.2 Å². The second kappa shape index (κ2) is 15.0. The molecule has 0 aliphatic carbocycles. The molecule has 11 heteroatoms. The third-order valence-corrected chi connectivity index (χ3v) is 5.66. The Morgan fingerprint density at radius 3 is 2.47 bits per heavy atom. The van der Waals surface area contributed by atoms with Crippen LogP contribution in [-0.4, -0.2) is 94.3 Å². The predicted octanol–water partition coefficient (Wildman–Crippen LogP) is -0.815. The van der Waals surface area contributed by atoms with E-state index in [1.807, 2.05) is 6.07 Å². The number of benzene rings is 1. The van der Waals surface area contributed by atoms with Crippen molar-refractivity contribution in [1.29, 1.82) is 0 Å². The second-order valence-corrected chi connectivity index (χ2v) is 8.12. The van der Waals surface area contributed by atoms with Gasteiger partial charge in [0.1, 0.15) is 6.04 Å². The van der Waals surface area contributed by atoms with Crippen molar-refractivity contribution in [2.75, 3.05) is 59.3 Å². The number of imide groups is 1. The molecule has 3 rings (SSSR count). The minimum atomic E-state index is -0.638. The molecule has 194 valence electrons. The highest BCUT2D eigenvalue weighted by molar-refractivity contribution is 6.05. The summed E-state index contributed by atoms with van der Waals surface area (Å²) >= 11 is 0. The van der Waals surface area contributed by atoms with E-state index in [1.54, 1.807) is 12.1 Å². The first-order valence-corrected chi connectivity index (χ1v) is 12.0. The van der Waals surface area contributed by atoms with Crippen LogP contribution in [0, 0.1) is 11.8 Å². The Hall–Kier alpha value is -3.30. The van der Waals surface area contributed by atoms with Crippen LogP contribution in [0.4, 0.5) is 0 Å². The second-order valence-electron chi connectivity index (χ2n) is 8.12. The van der Waals surface area contributed by atoms with E-state index in [-0.39, 0.29) is 18.2 Å². The number of hydrogen-bond acceptors (Lipinski definition) is 8. The van der Waals surface area contributed by atoms with Gasteiger partial charge in [-0.15, -0.1) is 0 Å². The molecule has 1 atom stereocenters. The van der Waals surface area contributed by atoms with Gasteiger partial charge in [-0.3, -0.25) is 24.5 Å². The zero-order chi connectivity index (χ0) is 25.6. The Labute approximate surface area is 210 Å². The van der Waals surface area contributed by atoms with Gasteiger partial charge in [-0.2, -0.15) is 0 Å². The molecule has 3 N–H and O–H groups in total. The van der Waals surface area contributed by atoms with Gasteiger partial charge >= 0.3 is 0 Å². The molecule has 4 amide bonds. The number of nitrogens with one attached hydrogen (secondary N) is 3. The molecule has 1 fully saturated rings. The Morgan fingerprint density at radius 1 is 1.03 bits per heavy atom. The zero-order valence-corrected chi connectivity index (χ0v) is 20.2. The number of hydrogen-bond donors (Lipinski definition) is 3. The van der Waals surface area contributed by atoms with Crippen LogP contribution in [0.5, 0.6) is 0 Å². The lowest BCUT2D eigenvalue weighted by molar-refractivity contribution is -0.136. The Morgan fingerprint density at radius 2 is 1.75 bits per heavy atom. The van der Waals surface area contributed by atoms with E-state index in [9.17, 15) is 19.2 Å². The Bertz CT molecular complexity index is 988. The predicted molar refractivity (Wildman–Crippen MR) is 129 cm³/mol. The Kier molecular flexibility index (Phi) is 11.3. The molecule has 0 radical (unpaired) electrons. The van der Waals surface area contributed by atoms with E-state index in [4.69, 9.17) is 14.2 Å². The number of carbonyl (C=O) groups excluding carboxylic acids is 4. The average molecular weight is 501 g/mol. The van der Waals surface area contributed by atoms with Crippen molar-refractivity contribution in [3.63, 3.8) is 0 Å². The molecule has 1 unspecified atom stereocenters. The van der Waals surface area contributed by atoms with Crippen LogP contribution in [0.1, 0.15) is 34.3 Å². The Balaban J connectivity index is 1.30. The standard InChI is InChI=1S/C25H32N4O7/c30-18-27-10-12-35-14-16-36-15-13-34-11-9-26-8-2-4-19-3-1-5-20-21(19)17-29(25(20)33)22-6-7-23(31)28-24(22)32/h1,3,5,18,22,26H,6-17H2,(H,27,30)(H,28,31,32). The molecular formula is C25H32N4O7. The fourth-order valence-electron chi connectivity index (χ4n) is 3.87. The van der Waals surface area contributed by atoms with Gasteiger partial charge in [-0.1, -0.05) is 17.9 Å². The molecule has 1 aromatic rings. The molecule has 2 heterocycles. The molecule has 0 bridgehead atoms. The first kappa shape index (κ1) is 27.3. The maximum atomic E-state index is 12.9. The van der Waals surface area contributed by atoms with Crippen molar-refractivity contribution in [2.45, 2.75) is 25.4 Å². The van der Waals surface area contributed by atoms with Crippen molar-refractivity contribution < 1.29 is 33.4 Å². The summed E-state index contributed by atoms with van der Waals surface area (Å²) in [5.41, 5.74) is 2.12. The van der Waals surface area contributed by atoms with Crippen molar-refractivity contribution in [2.24, 2.45) is 0 Å². The highest BCUT2D eigenvalue weighted by Gasteiger charge is 2.39. The van der Waals surface area contributed by atoms with E-state index in [2.05, 4.69) is 27.8 Å². The van der Waals surface area contributed by atoms with Gasteiger partial charge in [0.25, 0.3) is 5.91 Å². The van der Waals surface area contributed by atoms with Crippen molar-refractivity contribution in [3.8, 4) is 11.8 Å². The monoisotopic (exact) mass is 500 g/mol. The van der Waals surface area contributed by atoms with Crippen LogP contribution in [-0.2, 0) is 35.1 Å². The summed E-state index contributed by atoms with van der Waals surface area (Å²) < 4.78 is 16.1. The van der Waals surface area contributed by atoms with Crippen LogP contribution in [0.2, 0.25) is 0 Å². The highest BCUT2D eigenvalue weighted by Crippen LogP contribution is 2.29. The molecule has 0 spiro atoms. The number of amides is 4. The normalized spacial score (nSPS) is 16.8. The lowest BCUT2D eigenvalue weighted by atomic mass is 10.0. The van der Waals surface area contributed by atoms with Crippen molar-refractivity contribution in [1.82, 2.24) is 20.9 Å². The number of fused-ring (bicyclic) bond motifs is 1. The van der Waals surface area contributed by atoms with Gasteiger partial charge in [-0.25, -0.2) is 0 Å². The molecule has 1 aromatic carbocycles. The van der Waals surface area contributed by atoms with Crippen LogP contribution in [0.3, 0.4) is 0 Å². The molecule has 36 heavy (non-hydrogen) atoms. The number of rotatable bonds is 15. The van der Waals surface area contributed by atoms with Crippen LogP contribution in [0.25, 0.3) is 0 Å². The third-order valence-electron chi connectivity index (χ3n) is 5.66. The summed E-state index contributed by atoms with van der Waals surface area (Å²) in [6.45, 7) is 4.76. The van der Waals surface area contributed by atoms with Gasteiger partial charge in [0.2, 0.25) is 18.2 Å². The van der Waals surface area contributed by atoms with Crippen molar-refractivity contribution >= 4 is 24.1 Å². The summed E-state index contributed by atoms with van der Waals surface area (Å²) in [7, 11) is 0. The van der Waals surface area contributed by atoms with E-state index in [0.717, 1.165) is 11.1 Å². The summed E-state index contributed by atoms with van der Waals surface area (Å²) in [5.74, 6) is 5.24. The number of nitrogens with zero attached hydrogens (tertiary/aromatic N) is 1. The van der Waals surface area contributed by atoms with E-state index < -0.39 is 11.9 Å². The quantitative estimate of drug-likeness (QED) is 0.123. The van der Waals surface area contributed by atoms with E-state index in [0.29, 0.717) is 84.2 Å². The minimum Gasteiger partial charge on any atom is -0.378 e. The SMILES string of the molecule is O=CNCCOCCOCCOCCNCC#Cc1cccc2c1CN(C1CCC(=O)NC1=O)C2=O. The maximum absolute atomic E-state index is 12.9. The van der Waals surface area contributed by atoms with Crippen LogP contribution in [0.15, 0.2) is 18.2 Å². The van der Waals surface area contributed by atoms with Gasteiger partial charge < -0.3 is 29.7 Å². The highest BCUT2D eigenvalue weighted by atomic mass is 16.5. The molecular weight excluding hydrogens is 468 g/mol. The fraction of sp³-hybridized carbons (Fsp3) is 0.520. The first-order chi connectivity index (χ1) is 17.6. The zero-order valence-electron chi connectivity index (χ0n) is 20.2. The average Bonchev–Trinajstić information content (AvgIpc) is 3.20. The lowest BCUT2D eigenvalue weighted by Crippen LogP contribution is -2.52. The maximum Gasteiger partial charge on any atom is 0.255 e. The minimum absolute atomic E-state index is 0.207. The summed E-state index contributed by atoms with van der Waals surface area (Å²) in [6.07, 6.45) is 1.19. The number of piperidine rings is 1. The summed E-state index contributed by atoms with van der Waals surface area (Å²) in [5, 5.41) is 8.01. The van der Waals surface area contributed by atoms with Gasteiger partial charge in [-0.05, 0) is 24.1 Å². The molecule has 2 aliphatic rings. The smallest absolute Gasteiger partial charge is 0.255 e. The van der Waals surface area contributed by atoms with Gasteiger partial charge in [0.05, 0.1) is 46.2 Å². The number of carbonyl (C=O) groups is 4. The van der Waals surface area contributed by atoms with Crippen LogP contribution >= 0.6 is 0 Å². The summed E-state index contributed by atoms with van der Waals surface area (Å²) in [4.78, 5) is 48.1. The van der Waals surface area contributed by atoms with Crippen molar-refractivity contribution in [3.05, 3.63) is 34.9 Å². The van der Waals surface area contributed by atoms with Crippen LogP contribution < -0.4 is 16.0 Å². The fourth-order valence-corrected chi connectivity index (χ4v) is 3.87. The lowest BCUT2D eigenvalue weighted by Gasteiger charge is -2.29. The number of ether oxygens (including phenoxy) is 3.